The van der Waals surface area contributed by atoms with Gasteiger partial charge in [-0.1, -0.05) is 60.7 Å². The molecule has 0 aromatic heterocycles. The molecule has 2 rings (SSSR count). The maximum absolute atomic E-state index is 11.3. The molecular formula is C19H22O3. The summed E-state index contributed by atoms with van der Waals surface area (Å²) in [6, 6.07) is 19.3. The highest BCUT2D eigenvalue weighted by Crippen LogP contribution is 2.34. The Labute approximate surface area is 131 Å². The average Bonchev–Trinajstić information content (AvgIpc) is 2.59. The Morgan fingerprint density at radius 1 is 0.955 bits per heavy atom. The molecule has 0 amide bonds. The van der Waals surface area contributed by atoms with Gasteiger partial charge in [0.05, 0.1) is 7.11 Å². The van der Waals surface area contributed by atoms with Crippen molar-refractivity contribution < 1.29 is 14.6 Å². The lowest BCUT2D eigenvalue weighted by Crippen LogP contribution is -2.27. The van der Waals surface area contributed by atoms with E-state index in [-0.39, 0.29) is 5.97 Å². The second-order valence-corrected chi connectivity index (χ2v) is 5.38. The van der Waals surface area contributed by atoms with Crippen molar-refractivity contribution in [2.75, 3.05) is 7.11 Å². The highest BCUT2D eigenvalue weighted by molar-refractivity contribution is 5.68. The van der Waals surface area contributed by atoms with E-state index < -0.39 is 5.60 Å². The van der Waals surface area contributed by atoms with Crippen LogP contribution in [0.5, 0.6) is 0 Å². The summed E-state index contributed by atoms with van der Waals surface area (Å²) < 4.78 is 4.65. The highest BCUT2D eigenvalue weighted by Gasteiger charge is 2.30. The molecule has 2 aromatic carbocycles. The summed E-state index contributed by atoms with van der Waals surface area (Å²) in [5, 5.41) is 11.3. The van der Waals surface area contributed by atoms with E-state index in [1.807, 2.05) is 60.7 Å². The third-order valence-corrected chi connectivity index (χ3v) is 3.90. The van der Waals surface area contributed by atoms with Crippen LogP contribution in [-0.4, -0.2) is 18.2 Å². The topological polar surface area (TPSA) is 46.5 Å². The van der Waals surface area contributed by atoms with Crippen molar-refractivity contribution in [3.05, 3.63) is 71.8 Å². The summed E-state index contributed by atoms with van der Waals surface area (Å²) in [6.45, 7) is 0. The van der Waals surface area contributed by atoms with Crippen molar-refractivity contribution in [1.29, 1.82) is 0 Å². The monoisotopic (exact) mass is 298 g/mol. The van der Waals surface area contributed by atoms with Crippen LogP contribution in [0.1, 0.15) is 36.8 Å². The number of rotatable bonds is 7. The number of benzene rings is 2. The summed E-state index contributed by atoms with van der Waals surface area (Å²) >= 11 is 0. The minimum Gasteiger partial charge on any atom is -0.469 e. The SMILES string of the molecule is COC(=O)CCCCC(O)(c1ccccc1)c1ccccc1. The van der Waals surface area contributed by atoms with Gasteiger partial charge in [0, 0.05) is 6.42 Å². The van der Waals surface area contributed by atoms with Crippen molar-refractivity contribution in [2.24, 2.45) is 0 Å². The lowest BCUT2D eigenvalue weighted by molar-refractivity contribution is -0.140. The molecule has 1 N–H and O–H groups in total. The molecule has 0 bridgehead atoms. The molecule has 0 aliphatic heterocycles. The molecule has 3 nitrogen and oxygen atoms in total. The Morgan fingerprint density at radius 2 is 1.45 bits per heavy atom. The number of hydrogen-bond acceptors (Lipinski definition) is 3. The Balaban J connectivity index is 2.15. The molecule has 0 aliphatic carbocycles. The fourth-order valence-electron chi connectivity index (χ4n) is 2.64. The number of unbranched alkanes of at least 4 members (excludes halogenated alkanes) is 1. The summed E-state index contributed by atoms with van der Waals surface area (Å²) in [6.07, 6.45) is 2.40. The lowest BCUT2D eigenvalue weighted by Gasteiger charge is -2.29. The molecule has 0 aliphatic rings. The zero-order chi connectivity index (χ0) is 15.8. The van der Waals surface area contributed by atoms with Gasteiger partial charge in [-0.25, -0.2) is 0 Å². The number of carbonyl (C=O) groups is 1. The van der Waals surface area contributed by atoms with Gasteiger partial charge in [-0.2, -0.15) is 0 Å². The van der Waals surface area contributed by atoms with Gasteiger partial charge in [-0.15, -0.1) is 0 Å². The van der Waals surface area contributed by atoms with E-state index in [2.05, 4.69) is 4.74 Å². The largest absolute Gasteiger partial charge is 0.469 e. The quantitative estimate of drug-likeness (QED) is 0.627. The first-order chi connectivity index (χ1) is 10.7. The van der Waals surface area contributed by atoms with Crippen molar-refractivity contribution in [3.8, 4) is 0 Å². The zero-order valence-electron chi connectivity index (χ0n) is 12.9. The Morgan fingerprint density at radius 3 is 1.91 bits per heavy atom. The normalized spacial score (nSPS) is 11.2. The molecule has 0 fully saturated rings. The van der Waals surface area contributed by atoms with Gasteiger partial charge in [0.1, 0.15) is 5.60 Å². The standard InChI is InChI=1S/C19H22O3/c1-22-18(20)14-8-9-15-19(21,16-10-4-2-5-11-16)17-12-6-3-7-13-17/h2-7,10-13,21H,8-9,14-15H2,1H3. The minimum absolute atomic E-state index is 0.206. The van der Waals surface area contributed by atoms with Crippen molar-refractivity contribution in [3.63, 3.8) is 0 Å². The maximum Gasteiger partial charge on any atom is 0.305 e. The molecule has 3 heteroatoms. The van der Waals surface area contributed by atoms with E-state index in [0.717, 1.165) is 17.5 Å². The molecule has 0 heterocycles. The van der Waals surface area contributed by atoms with Crippen molar-refractivity contribution >= 4 is 5.97 Å². The first-order valence-electron chi connectivity index (χ1n) is 7.57. The molecule has 116 valence electrons. The van der Waals surface area contributed by atoms with Crippen LogP contribution in [0.3, 0.4) is 0 Å². The van der Waals surface area contributed by atoms with Crippen LogP contribution in [0.2, 0.25) is 0 Å². The van der Waals surface area contributed by atoms with Crippen molar-refractivity contribution in [2.45, 2.75) is 31.3 Å². The third-order valence-electron chi connectivity index (χ3n) is 3.90. The molecule has 0 saturated heterocycles. The second kappa shape index (κ2) is 7.76. The number of ether oxygens (including phenoxy) is 1. The lowest BCUT2D eigenvalue weighted by atomic mass is 9.82. The van der Waals surface area contributed by atoms with Gasteiger partial charge in [0.15, 0.2) is 0 Å². The number of aliphatic hydroxyl groups is 1. The van der Waals surface area contributed by atoms with E-state index in [1.165, 1.54) is 7.11 Å². The van der Waals surface area contributed by atoms with Crippen molar-refractivity contribution in [1.82, 2.24) is 0 Å². The van der Waals surface area contributed by atoms with Crippen LogP contribution in [0.25, 0.3) is 0 Å². The zero-order valence-corrected chi connectivity index (χ0v) is 12.9. The van der Waals surface area contributed by atoms with Gasteiger partial charge < -0.3 is 9.84 Å². The Hall–Kier alpha value is -2.13. The summed E-state index contributed by atoms with van der Waals surface area (Å²) in [5.41, 5.74) is 0.720. The smallest absolute Gasteiger partial charge is 0.305 e. The van der Waals surface area contributed by atoms with Gasteiger partial charge >= 0.3 is 5.97 Å². The number of esters is 1. The van der Waals surface area contributed by atoms with Crippen LogP contribution in [0, 0.1) is 0 Å². The Bertz CT molecular complexity index is 539. The van der Waals surface area contributed by atoms with Crippen LogP contribution < -0.4 is 0 Å². The summed E-state index contributed by atoms with van der Waals surface area (Å²) in [7, 11) is 1.40. The fourth-order valence-corrected chi connectivity index (χ4v) is 2.64. The van der Waals surface area contributed by atoms with Crippen LogP contribution in [0.4, 0.5) is 0 Å². The summed E-state index contributed by atoms with van der Waals surface area (Å²) in [4.78, 5) is 11.2. The van der Waals surface area contributed by atoms with Gasteiger partial charge in [-0.3, -0.25) is 4.79 Å². The number of methoxy groups -OCH3 is 1. The van der Waals surface area contributed by atoms with Gasteiger partial charge in [0.25, 0.3) is 0 Å². The predicted octanol–water partition coefficient (Wildman–Crippen LogP) is 3.66. The Kier molecular flexibility index (Phi) is 5.73. The molecular weight excluding hydrogens is 276 g/mol. The molecule has 0 unspecified atom stereocenters. The second-order valence-electron chi connectivity index (χ2n) is 5.38. The van der Waals surface area contributed by atoms with E-state index in [9.17, 15) is 9.90 Å². The molecule has 0 atom stereocenters. The van der Waals surface area contributed by atoms with E-state index in [0.29, 0.717) is 19.3 Å². The number of hydrogen-bond donors (Lipinski definition) is 1. The van der Waals surface area contributed by atoms with Gasteiger partial charge in [0.2, 0.25) is 0 Å². The first kappa shape index (κ1) is 16.2. The highest BCUT2D eigenvalue weighted by atomic mass is 16.5. The fraction of sp³-hybridized carbons (Fsp3) is 0.316. The van der Waals surface area contributed by atoms with Crippen LogP contribution >= 0.6 is 0 Å². The third kappa shape index (κ3) is 3.95. The average molecular weight is 298 g/mol. The number of carbonyl (C=O) groups excluding carboxylic acids is 1. The summed E-state index contributed by atoms with van der Waals surface area (Å²) in [5.74, 6) is -0.206. The molecule has 0 saturated carbocycles. The van der Waals surface area contributed by atoms with E-state index in [4.69, 9.17) is 0 Å². The predicted molar refractivity (Wildman–Crippen MR) is 86.4 cm³/mol. The van der Waals surface area contributed by atoms with Crippen LogP contribution in [0.15, 0.2) is 60.7 Å². The van der Waals surface area contributed by atoms with E-state index >= 15 is 0 Å². The molecule has 0 radical (unpaired) electrons. The molecule has 22 heavy (non-hydrogen) atoms. The molecule has 2 aromatic rings. The maximum atomic E-state index is 11.3. The van der Waals surface area contributed by atoms with E-state index in [1.54, 1.807) is 0 Å². The van der Waals surface area contributed by atoms with Gasteiger partial charge in [-0.05, 0) is 30.4 Å². The van der Waals surface area contributed by atoms with Crippen LogP contribution in [-0.2, 0) is 15.1 Å². The molecule has 0 spiro atoms. The first-order valence-corrected chi connectivity index (χ1v) is 7.57. The minimum atomic E-state index is -1.03.